The van der Waals surface area contributed by atoms with Gasteiger partial charge in [-0.25, -0.2) is 14.8 Å². The van der Waals surface area contributed by atoms with Crippen LogP contribution in [0.4, 0.5) is 0 Å². The van der Waals surface area contributed by atoms with Crippen molar-refractivity contribution in [1.29, 1.82) is 0 Å². The van der Waals surface area contributed by atoms with Crippen LogP contribution in [0.3, 0.4) is 0 Å². The zero-order chi connectivity index (χ0) is 29.4. The monoisotopic (exact) mass is 584 g/mol. The van der Waals surface area contributed by atoms with Gasteiger partial charge in [-0.05, 0) is 61.4 Å². The largest absolute Gasteiger partial charge is 0.496 e. The molecule has 0 N–H and O–H groups in total. The lowest BCUT2D eigenvalue weighted by Gasteiger charge is -2.19. The highest BCUT2D eigenvalue weighted by molar-refractivity contribution is 7.18. The Bertz CT molecular complexity index is 1900. The maximum absolute atomic E-state index is 12.3. The molecule has 214 valence electrons. The molecule has 0 unspecified atom stereocenters. The Morgan fingerprint density at radius 3 is 2.57 bits per heavy atom. The lowest BCUT2D eigenvalue weighted by atomic mass is 10.0. The number of ether oxygens (including phenoxy) is 4. The molecule has 0 aliphatic carbocycles. The summed E-state index contributed by atoms with van der Waals surface area (Å²) in [5.74, 6) is 1.36. The summed E-state index contributed by atoms with van der Waals surface area (Å²) < 4.78 is 30.4. The predicted molar refractivity (Wildman–Crippen MR) is 158 cm³/mol. The smallest absolute Gasteiger partial charge is 0.357 e. The van der Waals surface area contributed by atoms with Gasteiger partial charge in [0.2, 0.25) is 4.96 Å². The lowest BCUT2D eigenvalue weighted by Crippen LogP contribution is -2.24. The molecule has 0 amide bonds. The van der Waals surface area contributed by atoms with Gasteiger partial charge in [0.15, 0.2) is 5.76 Å². The maximum Gasteiger partial charge on any atom is 0.357 e. The standard InChI is InChI=1S/C31H28N4O6S/c1-31(2,3)41-28(36)23-10-9-20(15-32-23)19-8-6-7-18(11-19)17-39-25-12-21(37-4)13-26-22(25)14-27(40-26)24-16-33-29-35(24)34-30(38-5)42-29/h6-16H,17H2,1-5H3. The second-order valence-corrected chi connectivity index (χ2v) is 11.4. The van der Waals surface area contributed by atoms with Crippen molar-refractivity contribution in [3.63, 3.8) is 0 Å². The van der Waals surface area contributed by atoms with E-state index >= 15 is 0 Å². The number of methoxy groups -OCH3 is 2. The second-order valence-electron chi connectivity index (χ2n) is 10.5. The van der Waals surface area contributed by atoms with Crippen LogP contribution in [0, 0.1) is 0 Å². The Kier molecular flexibility index (Phi) is 7.03. The highest BCUT2D eigenvalue weighted by Gasteiger charge is 2.20. The fourth-order valence-electron chi connectivity index (χ4n) is 4.39. The minimum atomic E-state index is -0.584. The minimum Gasteiger partial charge on any atom is -0.496 e. The third kappa shape index (κ3) is 5.51. The number of hydrogen-bond acceptors (Lipinski definition) is 10. The molecule has 42 heavy (non-hydrogen) atoms. The molecule has 10 nitrogen and oxygen atoms in total. The van der Waals surface area contributed by atoms with Crippen LogP contribution in [0.1, 0.15) is 36.8 Å². The highest BCUT2D eigenvalue weighted by Crippen LogP contribution is 2.38. The molecule has 11 heteroatoms. The number of carbonyl (C=O) groups excluding carboxylic acids is 1. The fraction of sp³-hybridized carbons (Fsp3) is 0.226. The molecular formula is C31H28N4O6S. The van der Waals surface area contributed by atoms with Crippen LogP contribution >= 0.6 is 11.3 Å². The molecule has 4 aromatic heterocycles. The second kappa shape index (κ2) is 10.8. The van der Waals surface area contributed by atoms with Crippen LogP contribution in [0.5, 0.6) is 16.7 Å². The van der Waals surface area contributed by atoms with Gasteiger partial charge >= 0.3 is 5.97 Å². The van der Waals surface area contributed by atoms with E-state index in [2.05, 4.69) is 15.1 Å². The number of fused-ring (bicyclic) bond motifs is 2. The number of nitrogens with zero attached hydrogens (tertiary/aromatic N) is 4. The van der Waals surface area contributed by atoms with Crippen molar-refractivity contribution in [1.82, 2.24) is 19.6 Å². The average Bonchev–Trinajstić information content (AvgIpc) is 3.69. The summed E-state index contributed by atoms with van der Waals surface area (Å²) in [6, 6.07) is 17.1. The minimum absolute atomic E-state index is 0.264. The van der Waals surface area contributed by atoms with Gasteiger partial charge in [0.05, 0.1) is 25.8 Å². The Hall–Kier alpha value is -4.90. The van der Waals surface area contributed by atoms with Gasteiger partial charge in [0.25, 0.3) is 5.19 Å². The Balaban J connectivity index is 1.24. The van der Waals surface area contributed by atoms with Crippen molar-refractivity contribution in [3.05, 3.63) is 78.2 Å². The molecule has 6 aromatic rings. The summed E-state index contributed by atoms with van der Waals surface area (Å²) in [6.45, 7) is 5.78. The topological polar surface area (TPSA) is 110 Å². The van der Waals surface area contributed by atoms with E-state index in [0.29, 0.717) is 45.3 Å². The van der Waals surface area contributed by atoms with Crippen molar-refractivity contribution in [2.24, 2.45) is 0 Å². The number of imidazole rings is 1. The fourth-order valence-corrected chi connectivity index (χ4v) is 5.08. The molecule has 0 radical (unpaired) electrons. The number of aromatic nitrogens is 4. The van der Waals surface area contributed by atoms with E-state index in [0.717, 1.165) is 22.1 Å². The van der Waals surface area contributed by atoms with Crippen molar-refractivity contribution >= 4 is 33.2 Å². The molecule has 0 saturated carbocycles. The molecule has 0 saturated heterocycles. The molecule has 2 aromatic carbocycles. The summed E-state index contributed by atoms with van der Waals surface area (Å²) in [4.78, 5) is 21.8. The zero-order valence-corrected chi connectivity index (χ0v) is 24.5. The van der Waals surface area contributed by atoms with Crippen LogP contribution in [-0.2, 0) is 11.3 Å². The van der Waals surface area contributed by atoms with Crippen molar-refractivity contribution in [2.75, 3.05) is 14.2 Å². The van der Waals surface area contributed by atoms with Crippen LogP contribution < -0.4 is 14.2 Å². The van der Waals surface area contributed by atoms with Gasteiger partial charge in [-0.2, -0.15) is 4.52 Å². The summed E-state index contributed by atoms with van der Waals surface area (Å²) in [5.41, 5.74) is 3.77. The molecule has 0 atom stereocenters. The van der Waals surface area contributed by atoms with Crippen LogP contribution in [-0.4, -0.2) is 45.4 Å². The van der Waals surface area contributed by atoms with Crippen LogP contribution in [0.2, 0.25) is 0 Å². The van der Waals surface area contributed by atoms with E-state index in [1.165, 1.54) is 11.3 Å². The van der Waals surface area contributed by atoms with Gasteiger partial charge in [-0.3, -0.25) is 0 Å². The quantitative estimate of drug-likeness (QED) is 0.178. The number of hydrogen-bond donors (Lipinski definition) is 0. The number of pyridine rings is 1. The number of esters is 1. The van der Waals surface area contributed by atoms with Crippen molar-refractivity contribution < 1.29 is 28.2 Å². The molecule has 4 heterocycles. The van der Waals surface area contributed by atoms with Gasteiger partial charge in [0, 0.05) is 23.9 Å². The molecule has 0 aliphatic heterocycles. The van der Waals surface area contributed by atoms with Gasteiger partial charge in [0.1, 0.15) is 40.7 Å². The van der Waals surface area contributed by atoms with Crippen molar-refractivity contribution in [3.8, 4) is 39.3 Å². The average molecular weight is 585 g/mol. The Morgan fingerprint density at radius 1 is 0.976 bits per heavy atom. The third-order valence-corrected chi connectivity index (χ3v) is 7.21. The van der Waals surface area contributed by atoms with Gasteiger partial charge in [-0.1, -0.05) is 24.3 Å². The lowest BCUT2D eigenvalue weighted by molar-refractivity contribution is 0.00628. The molecule has 6 rings (SSSR count). The Morgan fingerprint density at radius 2 is 1.83 bits per heavy atom. The molecule has 0 spiro atoms. The number of furan rings is 1. The molecule has 0 bridgehead atoms. The van der Waals surface area contributed by atoms with Crippen molar-refractivity contribution in [2.45, 2.75) is 33.0 Å². The first-order chi connectivity index (χ1) is 20.2. The zero-order valence-electron chi connectivity index (χ0n) is 23.7. The van der Waals surface area contributed by atoms with Crippen LogP contribution in [0.25, 0.3) is 38.5 Å². The van der Waals surface area contributed by atoms with Crippen LogP contribution in [0.15, 0.2) is 71.4 Å². The number of rotatable bonds is 8. The first kappa shape index (κ1) is 27.3. The number of carbonyl (C=O) groups is 1. The summed E-state index contributed by atoms with van der Waals surface area (Å²) in [5, 5.41) is 5.74. The van der Waals surface area contributed by atoms with E-state index in [1.807, 2.05) is 69.3 Å². The maximum atomic E-state index is 12.3. The first-order valence-corrected chi connectivity index (χ1v) is 13.9. The van der Waals surface area contributed by atoms with E-state index in [1.54, 1.807) is 37.2 Å². The molecular weight excluding hydrogens is 556 g/mol. The number of benzene rings is 2. The summed E-state index contributed by atoms with van der Waals surface area (Å²) >= 11 is 1.35. The van der Waals surface area contributed by atoms with E-state index in [4.69, 9.17) is 23.4 Å². The summed E-state index contributed by atoms with van der Waals surface area (Å²) in [7, 11) is 3.17. The molecule has 0 aliphatic rings. The highest BCUT2D eigenvalue weighted by atomic mass is 32.1. The van der Waals surface area contributed by atoms with E-state index < -0.39 is 11.6 Å². The Labute approximate surface area is 245 Å². The first-order valence-electron chi connectivity index (χ1n) is 13.1. The van der Waals surface area contributed by atoms with Gasteiger partial charge in [-0.15, -0.1) is 5.10 Å². The third-order valence-electron chi connectivity index (χ3n) is 6.33. The van der Waals surface area contributed by atoms with E-state index in [-0.39, 0.29) is 5.69 Å². The van der Waals surface area contributed by atoms with E-state index in [9.17, 15) is 4.79 Å². The SMILES string of the molecule is COc1cc(OCc2cccc(-c3ccc(C(=O)OC(C)(C)C)nc3)c2)c2cc(-c3cnc4sc(OC)nn34)oc2c1. The summed E-state index contributed by atoms with van der Waals surface area (Å²) in [6.07, 6.45) is 3.39. The van der Waals surface area contributed by atoms with Gasteiger partial charge < -0.3 is 23.4 Å². The predicted octanol–water partition coefficient (Wildman–Crippen LogP) is 6.82. The molecule has 0 fully saturated rings. The normalized spacial score (nSPS) is 11.6.